The van der Waals surface area contributed by atoms with E-state index in [0.29, 0.717) is 72.2 Å². The maximum absolute atomic E-state index is 14.9. The van der Waals surface area contributed by atoms with Gasteiger partial charge in [-0.2, -0.15) is 9.97 Å². The summed E-state index contributed by atoms with van der Waals surface area (Å²) >= 11 is 0. The van der Waals surface area contributed by atoms with E-state index in [4.69, 9.17) is 25.4 Å². The summed E-state index contributed by atoms with van der Waals surface area (Å²) in [5, 5.41) is 1.41. The molecule has 0 radical (unpaired) electrons. The number of fused-ring (bicyclic) bond motifs is 2. The number of hydrogen-bond acceptors (Lipinski definition) is 8. The molecule has 0 aliphatic carbocycles. The Morgan fingerprint density at radius 2 is 2.05 bits per heavy atom. The molecule has 3 heterocycles. The Morgan fingerprint density at radius 1 is 1.18 bits per heavy atom. The summed E-state index contributed by atoms with van der Waals surface area (Å²) in [6.45, 7) is 4.46. The third-order valence-corrected chi connectivity index (χ3v) is 6.63. The largest absolute Gasteiger partial charge is 0.467 e. The number of benzene rings is 2. The summed E-state index contributed by atoms with van der Waals surface area (Å²) in [5.74, 6) is 2.80. The molecule has 0 unspecified atom stereocenters. The molecule has 198 valence electrons. The highest BCUT2D eigenvalue weighted by Crippen LogP contribution is 2.41. The Hall–Kier alpha value is -3.94. The number of carbonyl (C=O) groups is 1. The number of aryl methyl sites for hydroxylation is 1. The van der Waals surface area contributed by atoms with Crippen LogP contribution in [0.25, 0.3) is 10.8 Å². The van der Waals surface area contributed by atoms with Crippen LogP contribution in [-0.4, -0.2) is 62.7 Å². The van der Waals surface area contributed by atoms with Gasteiger partial charge in [-0.15, -0.1) is 6.42 Å². The van der Waals surface area contributed by atoms with Crippen molar-refractivity contribution in [2.75, 3.05) is 56.6 Å². The Kier molecular flexibility index (Phi) is 7.58. The molecule has 3 aromatic rings. The first-order chi connectivity index (χ1) is 18.5. The summed E-state index contributed by atoms with van der Waals surface area (Å²) in [7, 11) is 1.53. The number of hydrogen-bond donors (Lipinski definition) is 0. The van der Waals surface area contributed by atoms with Crippen molar-refractivity contribution < 1.29 is 28.1 Å². The van der Waals surface area contributed by atoms with Gasteiger partial charge in [0.25, 0.3) is 5.91 Å². The van der Waals surface area contributed by atoms with E-state index in [9.17, 15) is 9.18 Å². The highest BCUT2D eigenvalue weighted by molar-refractivity contribution is 6.16. The molecule has 0 atom stereocenters. The maximum Gasteiger partial charge on any atom is 0.319 e. The van der Waals surface area contributed by atoms with Crippen LogP contribution in [0, 0.1) is 18.2 Å². The lowest BCUT2D eigenvalue weighted by atomic mass is 9.99. The lowest BCUT2D eigenvalue weighted by Gasteiger charge is -2.24. The van der Waals surface area contributed by atoms with E-state index in [2.05, 4.69) is 15.9 Å². The van der Waals surface area contributed by atoms with Crippen LogP contribution in [0.5, 0.6) is 11.8 Å². The van der Waals surface area contributed by atoms with Gasteiger partial charge in [0, 0.05) is 38.3 Å². The smallest absolute Gasteiger partial charge is 0.319 e. The van der Waals surface area contributed by atoms with Crippen molar-refractivity contribution in [2.45, 2.75) is 26.3 Å². The number of nitrogens with zero attached hydrogens (tertiary/aromatic N) is 4. The van der Waals surface area contributed by atoms with E-state index in [1.54, 1.807) is 17.0 Å². The van der Waals surface area contributed by atoms with Gasteiger partial charge in [-0.25, -0.2) is 4.39 Å². The van der Waals surface area contributed by atoms with E-state index in [-0.39, 0.29) is 37.7 Å². The van der Waals surface area contributed by atoms with Crippen LogP contribution in [0.15, 0.2) is 24.3 Å². The quantitative estimate of drug-likeness (QED) is 0.328. The first-order valence-corrected chi connectivity index (χ1v) is 12.5. The average Bonchev–Trinajstić information content (AvgIpc) is 3.08. The van der Waals surface area contributed by atoms with Gasteiger partial charge in [-0.3, -0.25) is 4.79 Å². The Labute approximate surface area is 220 Å². The van der Waals surface area contributed by atoms with Crippen LogP contribution < -0.4 is 19.3 Å². The SMILES string of the molecule is C#CCOc1nc2c(c(N3CCCOCC3)n1)C(=O)N(c1cc(OCOC)cc3ccc(F)c(CC)c13)C2. The van der Waals surface area contributed by atoms with Crippen LogP contribution in [0.1, 0.15) is 35.0 Å². The fourth-order valence-electron chi connectivity index (χ4n) is 4.95. The highest BCUT2D eigenvalue weighted by atomic mass is 19.1. The van der Waals surface area contributed by atoms with Crippen LogP contribution in [-0.2, 0) is 22.4 Å². The first kappa shape index (κ1) is 25.7. The van der Waals surface area contributed by atoms with E-state index < -0.39 is 0 Å². The molecule has 2 aliphatic heterocycles. The molecule has 0 spiro atoms. The average molecular weight is 521 g/mol. The van der Waals surface area contributed by atoms with Crippen molar-refractivity contribution in [3.63, 3.8) is 0 Å². The molecule has 38 heavy (non-hydrogen) atoms. The summed E-state index contributed by atoms with van der Waals surface area (Å²) in [6.07, 6.45) is 6.62. The van der Waals surface area contributed by atoms with Gasteiger partial charge in [0.05, 0.1) is 24.5 Å². The third kappa shape index (κ3) is 4.83. The fourth-order valence-corrected chi connectivity index (χ4v) is 4.95. The molecular weight excluding hydrogens is 491 g/mol. The van der Waals surface area contributed by atoms with Crippen molar-refractivity contribution >= 4 is 28.2 Å². The molecule has 9 nitrogen and oxygen atoms in total. The van der Waals surface area contributed by atoms with E-state index >= 15 is 0 Å². The number of methoxy groups -OCH3 is 1. The number of anilines is 2. The molecule has 1 aromatic heterocycles. The maximum atomic E-state index is 14.9. The minimum Gasteiger partial charge on any atom is -0.467 e. The second-order valence-electron chi connectivity index (χ2n) is 8.96. The zero-order chi connectivity index (χ0) is 26.6. The fraction of sp³-hybridized carbons (Fsp3) is 0.393. The second kappa shape index (κ2) is 11.2. The number of rotatable bonds is 8. The molecule has 2 aliphatic rings. The monoisotopic (exact) mass is 520 g/mol. The van der Waals surface area contributed by atoms with Gasteiger partial charge in [-0.05, 0) is 35.9 Å². The van der Waals surface area contributed by atoms with Crippen molar-refractivity contribution in [3.05, 3.63) is 46.9 Å². The molecule has 10 heteroatoms. The number of amides is 1. The molecule has 1 saturated heterocycles. The van der Waals surface area contributed by atoms with Crippen LogP contribution >= 0.6 is 0 Å². The molecule has 5 rings (SSSR count). The van der Waals surface area contributed by atoms with Gasteiger partial charge < -0.3 is 28.7 Å². The Balaban J connectivity index is 1.65. The first-order valence-electron chi connectivity index (χ1n) is 12.5. The molecule has 0 N–H and O–H groups in total. The number of terminal acetylenes is 1. The summed E-state index contributed by atoms with van der Waals surface area (Å²) in [4.78, 5) is 26.8. The number of carbonyl (C=O) groups excluding carboxylic acids is 1. The zero-order valence-electron chi connectivity index (χ0n) is 21.5. The van der Waals surface area contributed by atoms with Crippen LogP contribution in [0.3, 0.4) is 0 Å². The number of halogens is 1. The van der Waals surface area contributed by atoms with Crippen molar-refractivity contribution in [1.29, 1.82) is 0 Å². The summed E-state index contributed by atoms with van der Waals surface area (Å²) in [6, 6.07) is 6.80. The van der Waals surface area contributed by atoms with Gasteiger partial charge in [0.1, 0.15) is 22.9 Å². The van der Waals surface area contributed by atoms with Gasteiger partial charge in [0.2, 0.25) is 0 Å². The van der Waals surface area contributed by atoms with Crippen molar-refractivity contribution in [1.82, 2.24) is 9.97 Å². The van der Waals surface area contributed by atoms with Gasteiger partial charge in [-0.1, -0.05) is 18.9 Å². The van der Waals surface area contributed by atoms with E-state index in [0.717, 1.165) is 11.8 Å². The Morgan fingerprint density at radius 3 is 2.84 bits per heavy atom. The number of aromatic nitrogens is 2. The summed E-state index contributed by atoms with van der Waals surface area (Å²) < 4.78 is 36.9. The molecule has 2 aromatic carbocycles. The minimum absolute atomic E-state index is 0.00164. The number of ether oxygens (including phenoxy) is 4. The third-order valence-electron chi connectivity index (χ3n) is 6.63. The van der Waals surface area contributed by atoms with Crippen molar-refractivity contribution in [3.8, 4) is 24.1 Å². The summed E-state index contributed by atoms with van der Waals surface area (Å²) in [5.41, 5.74) is 1.96. The molecule has 0 saturated carbocycles. The Bertz CT molecular complexity index is 1400. The van der Waals surface area contributed by atoms with E-state index in [1.807, 2.05) is 17.9 Å². The highest BCUT2D eigenvalue weighted by Gasteiger charge is 2.37. The lowest BCUT2D eigenvalue weighted by molar-refractivity contribution is 0.0512. The van der Waals surface area contributed by atoms with Crippen LogP contribution in [0.2, 0.25) is 0 Å². The second-order valence-corrected chi connectivity index (χ2v) is 8.96. The molecule has 1 amide bonds. The van der Waals surface area contributed by atoms with Crippen molar-refractivity contribution in [2.24, 2.45) is 0 Å². The van der Waals surface area contributed by atoms with Gasteiger partial charge >= 0.3 is 6.01 Å². The molecule has 0 bridgehead atoms. The topological polar surface area (TPSA) is 86.3 Å². The minimum atomic E-state index is -0.328. The standard InChI is InChI=1S/C28H29FN4O5/c1-4-11-37-28-30-22-16-33(27(34)25(22)26(31-28)32-9-6-12-36-13-10-32)23-15-19(38-17-35-3)14-18-7-8-21(29)20(5-2)24(18)23/h1,7-8,14-15H,5-6,9-13,16-17H2,2-3H3. The zero-order valence-corrected chi connectivity index (χ0v) is 21.5. The normalized spacial score (nSPS) is 15.4. The van der Waals surface area contributed by atoms with Crippen LogP contribution in [0.4, 0.5) is 15.9 Å². The van der Waals surface area contributed by atoms with Gasteiger partial charge in [0.15, 0.2) is 13.4 Å². The lowest BCUT2D eigenvalue weighted by Crippen LogP contribution is -2.30. The molecular formula is C28H29FN4O5. The predicted octanol–water partition coefficient (Wildman–Crippen LogP) is 3.71. The predicted molar refractivity (Wildman–Crippen MR) is 140 cm³/mol. The van der Waals surface area contributed by atoms with E-state index in [1.165, 1.54) is 13.2 Å². The molecule has 1 fully saturated rings.